The number of para-hydroxylation sites is 1. The van der Waals surface area contributed by atoms with Crippen molar-refractivity contribution < 1.29 is 4.21 Å². The Morgan fingerprint density at radius 2 is 1.65 bits per heavy atom. The lowest BCUT2D eigenvalue weighted by Gasteiger charge is -2.49. The van der Waals surface area contributed by atoms with Gasteiger partial charge in [0, 0.05) is 38.0 Å². The Bertz CT molecular complexity index is 679. The highest BCUT2D eigenvalue weighted by Crippen LogP contribution is 2.38. The molecule has 26 heavy (non-hydrogen) atoms. The summed E-state index contributed by atoms with van der Waals surface area (Å²) in [5, 5.41) is 13.7. The fraction of sp³-hybridized carbons (Fsp3) is 0.650. The van der Waals surface area contributed by atoms with Crippen molar-refractivity contribution in [3.8, 4) is 0 Å². The van der Waals surface area contributed by atoms with Crippen LogP contribution in [0.15, 0.2) is 28.7 Å². The molecule has 1 aliphatic carbocycles. The van der Waals surface area contributed by atoms with Gasteiger partial charge in [-0.1, -0.05) is 44.2 Å². The third kappa shape index (κ3) is 3.40. The van der Waals surface area contributed by atoms with Crippen molar-refractivity contribution in [2.24, 2.45) is 4.40 Å². The molecule has 3 aliphatic rings. The van der Waals surface area contributed by atoms with Crippen LogP contribution in [0.3, 0.4) is 0 Å². The zero-order valence-electron chi connectivity index (χ0n) is 15.4. The summed E-state index contributed by atoms with van der Waals surface area (Å²) in [6.45, 7) is 1.89. The molecule has 0 radical (unpaired) electrons. The van der Waals surface area contributed by atoms with Gasteiger partial charge >= 0.3 is 11.2 Å². The van der Waals surface area contributed by atoms with Crippen LogP contribution >= 0.6 is 0 Å². The zero-order chi connectivity index (χ0) is 18.0. The summed E-state index contributed by atoms with van der Waals surface area (Å²) in [5.41, 5.74) is 1.43. The van der Waals surface area contributed by atoms with Crippen LogP contribution in [-0.2, 0) is 11.2 Å². The van der Waals surface area contributed by atoms with Crippen molar-refractivity contribution in [3.63, 3.8) is 0 Å². The highest BCUT2D eigenvalue weighted by atomic mass is 32.2. The van der Waals surface area contributed by atoms with Crippen molar-refractivity contribution in [3.05, 3.63) is 35.0 Å². The van der Waals surface area contributed by atoms with E-state index in [2.05, 4.69) is 9.30 Å². The van der Waals surface area contributed by atoms with Crippen LogP contribution in [0, 0.1) is 5.21 Å². The number of hydrogen-bond acceptors (Lipinski definition) is 3. The minimum atomic E-state index is -1.79. The van der Waals surface area contributed by atoms with E-state index < -0.39 is 15.2 Å². The number of nitrogens with zero attached hydrogens (tertiary/aromatic N) is 3. The molecule has 2 atom stereocenters. The van der Waals surface area contributed by atoms with E-state index in [4.69, 9.17) is 0 Å². The Balaban J connectivity index is 1.47. The molecule has 1 aromatic rings. The second-order valence-electron chi connectivity index (χ2n) is 7.89. The standard InChI is InChI=1S/C20H29N3O2S/c24-23(20-11-7-6-8-17(20)16-21-26(23)25)19-12-14-22(15-13-19)18-9-4-2-1-3-5-10-18/h6-8,11,16,18-19H,1-5,9-10,12-15H2. The summed E-state index contributed by atoms with van der Waals surface area (Å²) in [6.07, 6.45) is 12.5. The summed E-state index contributed by atoms with van der Waals surface area (Å²) in [4.78, 5) is 2.59. The first kappa shape index (κ1) is 18.3. The zero-order valence-corrected chi connectivity index (χ0v) is 16.2. The van der Waals surface area contributed by atoms with Gasteiger partial charge in [0.1, 0.15) is 6.04 Å². The van der Waals surface area contributed by atoms with E-state index in [1.807, 2.05) is 24.3 Å². The third-order valence-electron chi connectivity index (χ3n) is 6.36. The second kappa shape index (κ2) is 7.89. The lowest BCUT2D eigenvalue weighted by atomic mass is 9.93. The number of benzene rings is 1. The number of piperidine rings is 1. The topological polar surface area (TPSA) is 55.7 Å². The average molecular weight is 376 g/mol. The Labute approximate surface area is 159 Å². The molecule has 1 saturated heterocycles. The molecule has 0 aromatic heterocycles. The van der Waals surface area contributed by atoms with Crippen molar-refractivity contribution >= 4 is 23.1 Å². The Morgan fingerprint density at radius 3 is 2.38 bits per heavy atom. The molecule has 1 aromatic carbocycles. The molecule has 0 spiro atoms. The molecule has 2 unspecified atom stereocenters. The minimum absolute atomic E-state index is 0.167. The van der Waals surface area contributed by atoms with Crippen LogP contribution in [-0.4, -0.2) is 40.5 Å². The van der Waals surface area contributed by atoms with E-state index >= 15 is 0 Å². The highest BCUT2D eigenvalue weighted by molar-refractivity contribution is 7.83. The summed E-state index contributed by atoms with van der Waals surface area (Å²) < 4.78 is 15.8. The molecule has 1 saturated carbocycles. The maximum atomic E-state index is 13.7. The number of likely N-dealkylation sites (tertiary alicyclic amines) is 1. The van der Waals surface area contributed by atoms with Crippen LogP contribution in [0.25, 0.3) is 0 Å². The first-order valence-corrected chi connectivity index (χ1v) is 11.2. The Morgan fingerprint density at radius 1 is 1.00 bits per heavy atom. The van der Waals surface area contributed by atoms with Gasteiger partial charge in [0.25, 0.3) is 0 Å². The lowest BCUT2D eigenvalue weighted by molar-refractivity contribution is 0.113. The fourth-order valence-corrected chi connectivity index (χ4v) is 6.00. The third-order valence-corrected chi connectivity index (χ3v) is 7.60. The maximum absolute atomic E-state index is 13.7. The van der Waals surface area contributed by atoms with Crippen molar-refractivity contribution in [2.45, 2.75) is 69.9 Å². The van der Waals surface area contributed by atoms with E-state index in [0.29, 0.717) is 11.7 Å². The number of fused-ring (bicyclic) bond motifs is 1. The molecule has 0 N–H and O–H groups in total. The van der Waals surface area contributed by atoms with E-state index in [9.17, 15) is 9.42 Å². The quantitative estimate of drug-likeness (QED) is 0.578. The molecule has 0 bridgehead atoms. The largest absolute Gasteiger partial charge is 0.611 e. The van der Waals surface area contributed by atoms with E-state index in [-0.39, 0.29) is 6.04 Å². The summed E-state index contributed by atoms with van der Waals surface area (Å²) in [6, 6.07) is 7.99. The SMILES string of the molecule is O=S1N=Cc2ccccc2[N+]1([O-])C1CCN(C2CCCCCCC2)CC1. The fourth-order valence-electron chi connectivity index (χ4n) is 4.85. The van der Waals surface area contributed by atoms with Gasteiger partial charge in [0.15, 0.2) is 5.69 Å². The van der Waals surface area contributed by atoms with Gasteiger partial charge in [-0.3, -0.25) is 4.90 Å². The predicted octanol–water partition coefficient (Wildman–Crippen LogP) is 4.08. The minimum Gasteiger partial charge on any atom is -0.611 e. The van der Waals surface area contributed by atoms with Crippen LogP contribution in [0.4, 0.5) is 5.69 Å². The smallest absolute Gasteiger partial charge is 0.344 e. The number of hydrogen-bond donors (Lipinski definition) is 0. The van der Waals surface area contributed by atoms with Gasteiger partial charge in [0.2, 0.25) is 0 Å². The van der Waals surface area contributed by atoms with Gasteiger partial charge in [-0.05, 0) is 18.9 Å². The average Bonchev–Trinajstić information content (AvgIpc) is 2.65. The molecule has 142 valence electrons. The molecule has 2 fully saturated rings. The van der Waals surface area contributed by atoms with Crippen LogP contribution in [0.1, 0.15) is 63.4 Å². The van der Waals surface area contributed by atoms with E-state index in [0.717, 1.165) is 31.5 Å². The van der Waals surface area contributed by atoms with Gasteiger partial charge in [0.05, 0.1) is 11.8 Å². The first-order valence-electron chi connectivity index (χ1n) is 10.1. The highest BCUT2D eigenvalue weighted by Gasteiger charge is 2.43. The summed E-state index contributed by atoms with van der Waals surface area (Å²) >= 11 is -1.79. The predicted molar refractivity (Wildman–Crippen MR) is 108 cm³/mol. The molecule has 2 heterocycles. The second-order valence-corrected chi connectivity index (χ2v) is 9.10. The number of hydroxylamine groups is 1. The number of rotatable bonds is 2. The van der Waals surface area contributed by atoms with Crippen LogP contribution in [0.5, 0.6) is 0 Å². The molecule has 2 aliphatic heterocycles. The first-order chi connectivity index (χ1) is 12.7. The van der Waals surface area contributed by atoms with Gasteiger partial charge in [-0.15, -0.1) is 4.40 Å². The maximum Gasteiger partial charge on any atom is 0.344 e. The molecule has 0 amide bonds. The van der Waals surface area contributed by atoms with Crippen molar-refractivity contribution in [1.82, 2.24) is 8.95 Å². The molecule has 4 rings (SSSR count). The molecule has 5 nitrogen and oxygen atoms in total. The monoisotopic (exact) mass is 375 g/mol. The van der Waals surface area contributed by atoms with Gasteiger partial charge < -0.3 is 5.21 Å². The summed E-state index contributed by atoms with van der Waals surface area (Å²) in [7, 11) is 0. The van der Waals surface area contributed by atoms with E-state index in [1.165, 1.54) is 44.9 Å². The lowest BCUT2D eigenvalue weighted by Crippen LogP contribution is -2.58. The van der Waals surface area contributed by atoms with Crippen LogP contribution in [0.2, 0.25) is 0 Å². The summed E-state index contributed by atoms with van der Waals surface area (Å²) in [5.74, 6) is 0. The van der Waals surface area contributed by atoms with Gasteiger partial charge in [-0.25, -0.2) is 4.05 Å². The van der Waals surface area contributed by atoms with E-state index in [1.54, 1.807) is 6.21 Å². The number of quaternary nitrogens is 1. The van der Waals surface area contributed by atoms with Crippen molar-refractivity contribution in [1.29, 1.82) is 0 Å². The molecular formula is C20H29N3O2S. The molecular weight excluding hydrogens is 346 g/mol. The van der Waals surface area contributed by atoms with Crippen molar-refractivity contribution in [2.75, 3.05) is 13.1 Å². The van der Waals surface area contributed by atoms with Gasteiger partial charge in [-0.2, -0.15) is 4.21 Å². The Hall–Kier alpha value is -1.08. The normalized spacial score (nSPS) is 32.0. The molecule has 6 heteroatoms. The Kier molecular flexibility index (Phi) is 5.55. The van der Waals surface area contributed by atoms with Crippen LogP contribution < -0.4 is 4.05 Å².